The molecular formula is C14H12Cl2N4. The van der Waals surface area contributed by atoms with E-state index in [9.17, 15) is 0 Å². The second-order valence-electron chi connectivity index (χ2n) is 4.53. The van der Waals surface area contributed by atoms with Gasteiger partial charge in [-0.2, -0.15) is 0 Å². The number of hydrogen-bond acceptors (Lipinski definition) is 3. The quantitative estimate of drug-likeness (QED) is 0.720. The minimum Gasteiger partial charge on any atom is -0.293 e. The summed E-state index contributed by atoms with van der Waals surface area (Å²) >= 11 is 12.2. The van der Waals surface area contributed by atoms with Crippen molar-refractivity contribution >= 4 is 39.9 Å². The fourth-order valence-corrected chi connectivity index (χ4v) is 2.64. The number of aromatic nitrogens is 3. The molecule has 1 aromatic carbocycles. The van der Waals surface area contributed by atoms with Gasteiger partial charge in [-0.1, -0.05) is 29.3 Å². The lowest BCUT2D eigenvalue weighted by molar-refractivity contribution is 0.930. The van der Waals surface area contributed by atoms with Crippen LogP contribution in [0.2, 0.25) is 10.2 Å². The zero-order valence-electron chi connectivity index (χ0n) is 11.0. The van der Waals surface area contributed by atoms with E-state index in [0.717, 1.165) is 28.0 Å². The Kier molecular flexibility index (Phi) is 3.28. The van der Waals surface area contributed by atoms with Gasteiger partial charge in [0.05, 0.1) is 11.1 Å². The van der Waals surface area contributed by atoms with Gasteiger partial charge >= 0.3 is 0 Å². The van der Waals surface area contributed by atoms with Crippen LogP contribution in [0.25, 0.3) is 11.0 Å². The fraction of sp³-hybridized carbons (Fsp3) is 0.143. The Bertz CT molecular complexity index is 795. The molecule has 0 atom stereocenters. The van der Waals surface area contributed by atoms with Crippen LogP contribution in [0, 0.1) is 13.8 Å². The summed E-state index contributed by atoms with van der Waals surface area (Å²) in [6.45, 7) is 4.01. The summed E-state index contributed by atoms with van der Waals surface area (Å²) in [5, 5.41) is 2.00. The second kappa shape index (κ2) is 4.96. The van der Waals surface area contributed by atoms with Gasteiger partial charge < -0.3 is 0 Å². The van der Waals surface area contributed by atoms with Crippen LogP contribution in [0.3, 0.4) is 0 Å². The van der Waals surface area contributed by atoms with Crippen molar-refractivity contribution in [2.75, 3.05) is 5.43 Å². The number of benzene rings is 1. The van der Waals surface area contributed by atoms with Crippen LogP contribution >= 0.6 is 23.2 Å². The Morgan fingerprint density at radius 1 is 1.15 bits per heavy atom. The third kappa shape index (κ3) is 2.11. The van der Waals surface area contributed by atoms with Gasteiger partial charge in [0.1, 0.15) is 11.5 Å². The molecule has 2 heterocycles. The van der Waals surface area contributed by atoms with E-state index in [1.807, 2.05) is 42.8 Å². The molecule has 0 aliphatic rings. The molecule has 6 heteroatoms. The Hall–Kier alpha value is -1.78. The predicted octanol–water partition coefficient (Wildman–Crippen LogP) is 4.23. The normalized spacial score (nSPS) is 11.0. The lowest BCUT2D eigenvalue weighted by Gasteiger charge is -2.11. The van der Waals surface area contributed by atoms with Crippen LogP contribution in [-0.4, -0.2) is 14.6 Å². The molecule has 0 spiro atoms. The first-order valence-electron chi connectivity index (χ1n) is 6.08. The van der Waals surface area contributed by atoms with Crippen LogP contribution in [0.5, 0.6) is 0 Å². The van der Waals surface area contributed by atoms with Crippen LogP contribution < -0.4 is 5.43 Å². The maximum absolute atomic E-state index is 6.16. The Morgan fingerprint density at radius 2 is 1.95 bits per heavy atom. The number of aryl methyl sites for hydroxylation is 1. The van der Waals surface area contributed by atoms with Gasteiger partial charge in [-0.3, -0.25) is 5.43 Å². The van der Waals surface area contributed by atoms with E-state index in [0.29, 0.717) is 10.2 Å². The van der Waals surface area contributed by atoms with Gasteiger partial charge in [-0.05, 0) is 37.6 Å². The molecule has 0 saturated carbocycles. The summed E-state index contributed by atoms with van der Waals surface area (Å²) in [4.78, 5) is 8.35. The van der Waals surface area contributed by atoms with Gasteiger partial charge in [-0.15, -0.1) is 0 Å². The molecule has 0 fully saturated rings. The van der Waals surface area contributed by atoms with Crippen molar-refractivity contribution in [2.24, 2.45) is 0 Å². The molecule has 0 amide bonds. The molecule has 2 aromatic heterocycles. The molecule has 0 radical (unpaired) electrons. The first-order valence-corrected chi connectivity index (χ1v) is 6.84. The fourth-order valence-electron chi connectivity index (χ4n) is 2.18. The monoisotopic (exact) mass is 306 g/mol. The summed E-state index contributed by atoms with van der Waals surface area (Å²) in [5.41, 5.74) is 7.00. The first-order chi connectivity index (χ1) is 9.58. The molecule has 4 nitrogen and oxygen atoms in total. The zero-order valence-corrected chi connectivity index (χ0v) is 12.5. The molecule has 0 saturated heterocycles. The van der Waals surface area contributed by atoms with Gasteiger partial charge in [0, 0.05) is 10.7 Å². The maximum Gasteiger partial charge on any atom is 0.164 e. The molecule has 0 bridgehead atoms. The third-order valence-corrected chi connectivity index (χ3v) is 3.83. The number of fused-ring (bicyclic) bond motifs is 1. The largest absolute Gasteiger partial charge is 0.293 e. The topological polar surface area (TPSA) is 42.7 Å². The highest BCUT2D eigenvalue weighted by molar-refractivity contribution is 6.34. The van der Waals surface area contributed by atoms with E-state index < -0.39 is 0 Å². The number of hydrogen-bond donors (Lipinski definition) is 1. The Balaban J connectivity index is 2.17. The lowest BCUT2D eigenvalue weighted by Crippen LogP contribution is -2.11. The van der Waals surface area contributed by atoms with E-state index in [2.05, 4.69) is 15.4 Å². The molecular weight excluding hydrogens is 295 g/mol. The minimum absolute atomic E-state index is 0.460. The van der Waals surface area contributed by atoms with Crippen LogP contribution in [0.1, 0.15) is 11.3 Å². The molecule has 20 heavy (non-hydrogen) atoms. The third-order valence-electron chi connectivity index (χ3n) is 3.31. The Morgan fingerprint density at radius 3 is 2.70 bits per heavy atom. The summed E-state index contributed by atoms with van der Waals surface area (Å²) in [7, 11) is 0. The van der Waals surface area contributed by atoms with Gasteiger partial charge in [0.2, 0.25) is 0 Å². The van der Waals surface area contributed by atoms with E-state index in [1.165, 1.54) is 6.33 Å². The Labute approximate surface area is 126 Å². The average Bonchev–Trinajstić information content (AvgIpc) is 2.65. The minimum atomic E-state index is 0.460. The number of rotatable bonds is 2. The second-order valence-corrected chi connectivity index (χ2v) is 5.33. The van der Waals surface area contributed by atoms with Crippen LogP contribution in [0.4, 0.5) is 5.69 Å². The van der Waals surface area contributed by atoms with Crippen molar-refractivity contribution < 1.29 is 0 Å². The smallest absolute Gasteiger partial charge is 0.164 e. The van der Waals surface area contributed by atoms with Gasteiger partial charge in [-0.25, -0.2) is 14.6 Å². The number of nitrogens with one attached hydrogen (secondary N) is 1. The van der Waals surface area contributed by atoms with Crippen LogP contribution in [0.15, 0.2) is 30.6 Å². The van der Waals surface area contributed by atoms with Gasteiger partial charge in [0.15, 0.2) is 5.65 Å². The summed E-state index contributed by atoms with van der Waals surface area (Å²) in [6.07, 6.45) is 1.46. The van der Waals surface area contributed by atoms with Crippen molar-refractivity contribution in [3.63, 3.8) is 0 Å². The number of anilines is 1. The van der Waals surface area contributed by atoms with E-state index >= 15 is 0 Å². The van der Waals surface area contributed by atoms with Crippen molar-refractivity contribution in [3.05, 3.63) is 52.0 Å². The molecule has 0 aliphatic heterocycles. The average molecular weight is 307 g/mol. The summed E-state index contributed by atoms with van der Waals surface area (Å²) in [5.74, 6) is 0. The molecule has 0 unspecified atom stereocenters. The molecule has 3 aromatic rings. The predicted molar refractivity (Wildman–Crippen MR) is 82.5 cm³/mol. The van der Waals surface area contributed by atoms with Crippen molar-refractivity contribution in [3.8, 4) is 0 Å². The highest BCUT2D eigenvalue weighted by atomic mass is 35.5. The first kappa shape index (κ1) is 13.2. The zero-order chi connectivity index (χ0) is 14.3. The number of nitrogens with zero attached hydrogens (tertiary/aromatic N) is 3. The van der Waals surface area contributed by atoms with Crippen LogP contribution in [-0.2, 0) is 0 Å². The maximum atomic E-state index is 6.16. The SMILES string of the molecule is Cc1c(C)n(Nc2cccc(Cl)c2)c2ncnc(Cl)c12. The van der Waals surface area contributed by atoms with E-state index in [4.69, 9.17) is 23.2 Å². The molecule has 102 valence electrons. The molecule has 1 N–H and O–H groups in total. The standard InChI is InChI=1S/C14H12Cl2N4/c1-8-9(2)20(14-12(8)13(16)17-7-18-14)19-11-5-3-4-10(15)6-11/h3-7,19H,1-2H3. The lowest BCUT2D eigenvalue weighted by atomic mass is 10.2. The van der Waals surface area contributed by atoms with E-state index in [1.54, 1.807) is 0 Å². The van der Waals surface area contributed by atoms with Crippen molar-refractivity contribution in [1.82, 2.24) is 14.6 Å². The molecule has 3 rings (SSSR count). The summed E-state index contributed by atoms with van der Waals surface area (Å²) in [6, 6.07) is 7.51. The van der Waals surface area contributed by atoms with E-state index in [-0.39, 0.29) is 0 Å². The van der Waals surface area contributed by atoms with Crippen molar-refractivity contribution in [1.29, 1.82) is 0 Å². The van der Waals surface area contributed by atoms with Gasteiger partial charge in [0.25, 0.3) is 0 Å². The van der Waals surface area contributed by atoms with Crippen molar-refractivity contribution in [2.45, 2.75) is 13.8 Å². The summed E-state index contributed by atoms with van der Waals surface area (Å²) < 4.78 is 1.89. The number of halogens is 2. The molecule has 0 aliphatic carbocycles. The highest BCUT2D eigenvalue weighted by Crippen LogP contribution is 2.28. The highest BCUT2D eigenvalue weighted by Gasteiger charge is 2.15.